The van der Waals surface area contributed by atoms with Crippen molar-refractivity contribution in [2.75, 3.05) is 18.4 Å². The van der Waals surface area contributed by atoms with Crippen LogP contribution in [0.5, 0.6) is 0 Å². The number of nitrogens with zero attached hydrogens (tertiary/aromatic N) is 1. The zero-order chi connectivity index (χ0) is 18.0. The second-order valence-corrected chi connectivity index (χ2v) is 8.34. The Balaban J connectivity index is 1.89. The Hall–Kier alpha value is -1.89. The topological polar surface area (TPSA) is 66.5 Å². The normalized spacial score (nSPS) is 15.3. The van der Waals surface area contributed by atoms with Crippen molar-refractivity contribution in [2.45, 2.75) is 24.7 Å². The molecule has 0 radical (unpaired) electrons. The monoisotopic (exact) mass is 378 g/mol. The molecule has 1 fully saturated rings. The molecule has 1 amide bonds. The van der Waals surface area contributed by atoms with Crippen LogP contribution in [0.15, 0.2) is 47.4 Å². The minimum Gasteiger partial charge on any atom is -0.322 e. The average molecular weight is 379 g/mol. The zero-order valence-corrected chi connectivity index (χ0v) is 15.4. The van der Waals surface area contributed by atoms with Crippen molar-refractivity contribution >= 4 is 33.2 Å². The molecule has 1 N–H and O–H groups in total. The fourth-order valence-electron chi connectivity index (χ4n) is 2.87. The summed E-state index contributed by atoms with van der Waals surface area (Å²) in [5.74, 6) is -0.287. The minimum absolute atomic E-state index is 0.0265. The van der Waals surface area contributed by atoms with E-state index in [1.54, 1.807) is 18.2 Å². The first kappa shape index (κ1) is 17.9. The molecule has 1 aliphatic heterocycles. The van der Waals surface area contributed by atoms with Gasteiger partial charge >= 0.3 is 0 Å². The molecular weight excluding hydrogens is 360 g/mol. The summed E-state index contributed by atoms with van der Waals surface area (Å²) in [4.78, 5) is 12.5. The first-order valence-corrected chi connectivity index (χ1v) is 9.88. The maximum Gasteiger partial charge on any atom is 0.255 e. The van der Waals surface area contributed by atoms with Crippen LogP contribution in [0.4, 0.5) is 5.69 Å². The van der Waals surface area contributed by atoms with Gasteiger partial charge < -0.3 is 5.32 Å². The van der Waals surface area contributed by atoms with Crippen LogP contribution < -0.4 is 5.32 Å². The average Bonchev–Trinajstić information content (AvgIpc) is 3.12. The Labute approximate surface area is 152 Å². The molecule has 1 aliphatic rings. The molecule has 1 saturated heterocycles. The Kier molecular flexibility index (Phi) is 5.13. The van der Waals surface area contributed by atoms with Crippen LogP contribution in [0, 0.1) is 6.92 Å². The number of halogens is 1. The lowest BCUT2D eigenvalue weighted by atomic mass is 10.1. The Morgan fingerprint density at radius 1 is 1.12 bits per heavy atom. The Bertz CT molecular complexity index is 906. The van der Waals surface area contributed by atoms with Crippen LogP contribution in [-0.2, 0) is 10.0 Å². The van der Waals surface area contributed by atoms with Crippen molar-refractivity contribution in [3.8, 4) is 0 Å². The number of carbonyl (C=O) groups is 1. The van der Waals surface area contributed by atoms with E-state index < -0.39 is 10.0 Å². The third kappa shape index (κ3) is 3.71. The minimum atomic E-state index is -3.65. The summed E-state index contributed by atoms with van der Waals surface area (Å²) in [5, 5.41) is 2.90. The predicted molar refractivity (Wildman–Crippen MR) is 98.6 cm³/mol. The van der Waals surface area contributed by atoms with E-state index in [4.69, 9.17) is 11.6 Å². The summed E-state index contributed by atoms with van der Waals surface area (Å²) in [7, 11) is -3.65. The van der Waals surface area contributed by atoms with Gasteiger partial charge in [0.25, 0.3) is 5.91 Å². The molecule has 5 nitrogen and oxygen atoms in total. The molecule has 3 rings (SSSR count). The zero-order valence-electron chi connectivity index (χ0n) is 13.8. The van der Waals surface area contributed by atoms with Gasteiger partial charge in [-0.25, -0.2) is 8.42 Å². The molecule has 0 spiro atoms. The number of carbonyl (C=O) groups excluding carboxylic acids is 1. The number of benzene rings is 2. The van der Waals surface area contributed by atoms with Gasteiger partial charge in [0.05, 0.1) is 5.02 Å². The summed E-state index contributed by atoms with van der Waals surface area (Å²) in [6.07, 6.45) is 1.70. The largest absolute Gasteiger partial charge is 0.322 e. The Morgan fingerprint density at radius 2 is 1.80 bits per heavy atom. The molecule has 7 heteroatoms. The molecule has 0 atom stereocenters. The summed E-state index contributed by atoms with van der Waals surface area (Å²) in [6.45, 7) is 2.84. The fraction of sp³-hybridized carbons (Fsp3) is 0.278. The maximum absolute atomic E-state index is 12.7. The second kappa shape index (κ2) is 7.15. The SMILES string of the molecule is Cc1ccccc1C(=O)Nc1ccc(Cl)c(S(=O)(=O)N2CCCC2)c1. The van der Waals surface area contributed by atoms with E-state index in [-0.39, 0.29) is 15.8 Å². The summed E-state index contributed by atoms with van der Waals surface area (Å²) in [6, 6.07) is 11.7. The van der Waals surface area contributed by atoms with Gasteiger partial charge in [-0.05, 0) is 49.6 Å². The van der Waals surface area contributed by atoms with Gasteiger partial charge in [0.1, 0.15) is 4.90 Å². The van der Waals surface area contributed by atoms with Crippen molar-refractivity contribution in [1.29, 1.82) is 0 Å². The molecule has 0 aliphatic carbocycles. The molecule has 25 heavy (non-hydrogen) atoms. The molecule has 0 unspecified atom stereocenters. The van der Waals surface area contributed by atoms with Crippen LogP contribution in [0.3, 0.4) is 0 Å². The lowest BCUT2D eigenvalue weighted by Gasteiger charge is -2.17. The van der Waals surface area contributed by atoms with Crippen molar-refractivity contribution in [3.05, 3.63) is 58.6 Å². The predicted octanol–water partition coefficient (Wildman–Crippen LogP) is 3.69. The molecule has 1 heterocycles. The van der Waals surface area contributed by atoms with Crippen molar-refractivity contribution < 1.29 is 13.2 Å². The van der Waals surface area contributed by atoms with E-state index >= 15 is 0 Å². The molecule has 0 aromatic heterocycles. The van der Waals surface area contributed by atoms with Crippen LogP contribution >= 0.6 is 11.6 Å². The van der Waals surface area contributed by atoms with Crippen molar-refractivity contribution in [3.63, 3.8) is 0 Å². The number of rotatable bonds is 4. The highest BCUT2D eigenvalue weighted by atomic mass is 35.5. The molecule has 0 bridgehead atoms. The van der Waals surface area contributed by atoms with E-state index in [2.05, 4.69) is 5.32 Å². The van der Waals surface area contributed by atoms with Crippen molar-refractivity contribution in [2.24, 2.45) is 0 Å². The lowest BCUT2D eigenvalue weighted by Crippen LogP contribution is -2.28. The van der Waals surface area contributed by atoms with E-state index in [1.807, 2.05) is 19.1 Å². The van der Waals surface area contributed by atoms with Crippen LogP contribution in [0.1, 0.15) is 28.8 Å². The number of hydrogen-bond donors (Lipinski definition) is 1. The highest BCUT2D eigenvalue weighted by Crippen LogP contribution is 2.29. The molecular formula is C18H19ClN2O3S. The molecule has 2 aromatic rings. The number of amides is 1. The van der Waals surface area contributed by atoms with Gasteiger partial charge in [0.2, 0.25) is 10.0 Å². The third-order valence-corrected chi connectivity index (χ3v) is 6.64. The smallest absolute Gasteiger partial charge is 0.255 e. The highest BCUT2D eigenvalue weighted by Gasteiger charge is 2.29. The first-order chi connectivity index (χ1) is 11.9. The van der Waals surface area contributed by atoms with E-state index in [1.165, 1.54) is 16.4 Å². The number of anilines is 1. The van der Waals surface area contributed by atoms with Gasteiger partial charge in [-0.3, -0.25) is 4.79 Å². The quantitative estimate of drug-likeness (QED) is 0.882. The van der Waals surface area contributed by atoms with Gasteiger partial charge in [0, 0.05) is 24.3 Å². The summed E-state index contributed by atoms with van der Waals surface area (Å²) < 4.78 is 26.9. The van der Waals surface area contributed by atoms with Crippen LogP contribution in [-0.4, -0.2) is 31.7 Å². The van der Waals surface area contributed by atoms with Gasteiger partial charge in [-0.2, -0.15) is 4.31 Å². The van der Waals surface area contributed by atoms with Gasteiger partial charge in [0.15, 0.2) is 0 Å². The highest BCUT2D eigenvalue weighted by molar-refractivity contribution is 7.89. The lowest BCUT2D eigenvalue weighted by molar-refractivity contribution is 0.102. The fourth-order valence-corrected chi connectivity index (χ4v) is 4.89. The standard InChI is InChI=1S/C18H19ClN2O3S/c1-13-6-2-3-7-15(13)18(22)20-14-8-9-16(19)17(12-14)25(23,24)21-10-4-5-11-21/h2-3,6-9,12H,4-5,10-11H2,1H3,(H,20,22). The molecule has 0 saturated carbocycles. The number of aryl methyl sites for hydroxylation is 1. The van der Waals surface area contributed by atoms with Crippen LogP contribution in [0.25, 0.3) is 0 Å². The van der Waals surface area contributed by atoms with Crippen molar-refractivity contribution in [1.82, 2.24) is 4.31 Å². The third-order valence-electron chi connectivity index (χ3n) is 4.26. The van der Waals surface area contributed by atoms with Gasteiger partial charge in [-0.15, -0.1) is 0 Å². The van der Waals surface area contributed by atoms with E-state index in [0.29, 0.717) is 24.3 Å². The number of hydrogen-bond acceptors (Lipinski definition) is 3. The van der Waals surface area contributed by atoms with E-state index in [9.17, 15) is 13.2 Å². The molecule has 132 valence electrons. The van der Waals surface area contributed by atoms with E-state index in [0.717, 1.165) is 18.4 Å². The second-order valence-electron chi connectivity index (χ2n) is 6.03. The van der Waals surface area contributed by atoms with Crippen LogP contribution in [0.2, 0.25) is 5.02 Å². The number of nitrogens with one attached hydrogen (secondary N) is 1. The molecule has 2 aromatic carbocycles. The summed E-state index contributed by atoms with van der Waals surface area (Å²) in [5.41, 5.74) is 1.79. The Morgan fingerprint density at radius 3 is 2.48 bits per heavy atom. The maximum atomic E-state index is 12.7. The number of sulfonamides is 1. The van der Waals surface area contributed by atoms with Gasteiger partial charge in [-0.1, -0.05) is 29.8 Å². The summed E-state index contributed by atoms with van der Waals surface area (Å²) >= 11 is 6.12. The first-order valence-electron chi connectivity index (χ1n) is 8.06.